The molecule has 0 radical (unpaired) electrons. The highest BCUT2D eigenvalue weighted by Crippen LogP contribution is 2.22. The van der Waals surface area contributed by atoms with Gasteiger partial charge in [0.25, 0.3) is 5.91 Å². The van der Waals surface area contributed by atoms with Gasteiger partial charge >= 0.3 is 0 Å². The standard InChI is InChI=1S/C15H14ClFN2O/c1-3-19(12-6-4-5-11(17)8-12)15(20)13-9-18-10(2)7-14(13)16/h4-9H,3H2,1-2H3. The Labute approximate surface area is 122 Å². The first-order chi connectivity index (χ1) is 9.52. The lowest BCUT2D eigenvalue weighted by Gasteiger charge is -2.21. The summed E-state index contributed by atoms with van der Waals surface area (Å²) in [7, 11) is 0. The van der Waals surface area contributed by atoms with E-state index in [0.29, 0.717) is 22.8 Å². The number of nitrogens with zero attached hydrogens (tertiary/aromatic N) is 2. The molecule has 0 spiro atoms. The summed E-state index contributed by atoms with van der Waals surface area (Å²) in [4.78, 5) is 18.0. The van der Waals surface area contributed by atoms with E-state index in [1.54, 1.807) is 25.1 Å². The molecule has 0 fully saturated rings. The number of hydrogen-bond donors (Lipinski definition) is 0. The van der Waals surface area contributed by atoms with Crippen LogP contribution in [0.2, 0.25) is 5.02 Å². The Balaban J connectivity index is 2.39. The van der Waals surface area contributed by atoms with E-state index >= 15 is 0 Å². The summed E-state index contributed by atoms with van der Waals surface area (Å²) in [6, 6.07) is 7.53. The SMILES string of the molecule is CCN(C(=O)c1cnc(C)cc1Cl)c1cccc(F)c1. The molecule has 5 heteroatoms. The van der Waals surface area contributed by atoms with Crippen LogP contribution in [0.5, 0.6) is 0 Å². The number of rotatable bonds is 3. The van der Waals surface area contributed by atoms with Gasteiger partial charge in [-0.2, -0.15) is 0 Å². The van der Waals surface area contributed by atoms with E-state index in [0.717, 1.165) is 5.69 Å². The number of aryl methyl sites for hydroxylation is 1. The van der Waals surface area contributed by atoms with Crippen LogP contribution in [-0.2, 0) is 0 Å². The number of pyridine rings is 1. The van der Waals surface area contributed by atoms with Crippen molar-refractivity contribution < 1.29 is 9.18 Å². The molecule has 0 unspecified atom stereocenters. The maximum Gasteiger partial charge on any atom is 0.261 e. The molecule has 0 aliphatic rings. The molecular weight excluding hydrogens is 279 g/mol. The summed E-state index contributed by atoms with van der Waals surface area (Å²) in [5.41, 5.74) is 1.54. The van der Waals surface area contributed by atoms with Gasteiger partial charge in [-0.05, 0) is 38.1 Å². The van der Waals surface area contributed by atoms with Crippen LogP contribution in [-0.4, -0.2) is 17.4 Å². The molecule has 0 saturated heterocycles. The van der Waals surface area contributed by atoms with Crippen molar-refractivity contribution in [2.24, 2.45) is 0 Å². The van der Waals surface area contributed by atoms with Crippen molar-refractivity contribution in [2.75, 3.05) is 11.4 Å². The third kappa shape index (κ3) is 2.96. The average Bonchev–Trinajstić information content (AvgIpc) is 2.39. The van der Waals surface area contributed by atoms with Gasteiger partial charge in [0.15, 0.2) is 0 Å². The van der Waals surface area contributed by atoms with Crippen molar-refractivity contribution in [3.63, 3.8) is 0 Å². The molecule has 20 heavy (non-hydrogen) atoms. The Hall–Kier alpha value is -1.94. The van der Waals surface area contributed by atoms with E-state index in [4.69, 9.17) is 11.6 Å². The highest BCUT2D eigenvalue weighted by atomic mass is 35.5. The van der Waals surface area contributed by atoms with Crippen molar-refractivity contribution in [3.8, 4) is 0 Å². The summed E-state index contributed by atoms with van der Waals surface area (Å²) in [5.74, 6) is -0.683. The average molecular weight is 293 g/mol. The predicted molar refractivity (Wildman–Crippen MR) is 77.7 cm³/mol. The van der Waals surface area contributed by atoms with E-state index in [1.807, 2.05) is 6.92 Å². The van der Waals surface area contributed by atoms with Crippen molar-refractivity contribution in [2.45, 2.75) is 13.8 Å². The molecule has 2 aromatic rings. The second-order valence-corrected chi connectivity index (χ2v) is 4.74. The van der Waals surface area contributed by atoms with Crippen molar-refractivity contribution in [1.29, 1.82) is 0 Å². The van der Waals surface area contributed by atoms with Crippen LogP contribution >= 0.6 is 11.6 Å². The fraction of sp³-hybridized carbons (Fsp3) is 0.200. The molecule has 1 heterocycles. The number of hydrogen-bond acceptors (Lipinski definition) is 2. The van der Waals surface area contributed by atoms with Crippen LogP contribution in [0.4, 0.5) is 10.1 Å². The molecule has 104 valence electrons. The minimum absolute atomic E-state index is 0.296. The molecule has 0 saturated carbocycles. The second-order valence-electron chi connectivity index (χ2n) is 4.33. The fourth-order valence-electron chi connectivity index (χ4n) is 1.92. The minimum Gasteiger partial charge on any atom is -0.308 e. The van der Waals surface area contributed by atoms with Crippen LogP contribution in [0.1, 0.15) is 23.0 Å². The molecule has 0 aliphatic carbocycles. The van der Waals surface area contributed by atoms with E-state index in [1.165, 1.54) is 23.2 Å². The van der Waals surface area contributed by atoms with Crippen molar-refractivity contribution >= 4 is 23.2 Å². The highest BCUT2D eigenvalue weighted by molar-refractivity contribution is 6.34. The van der Waals surface area contributed by atoms with E-state index in [9.17, 15) is 9.18 Å². The first-order valence-electron chi connectivity index (χ1n) is 6.22. The smallest absolute Gasteiger partial charge is 0.261 e. The van der Waals surface area contributed by atoms with Crippen molar-refractivity contribution in [3.05, 3.63) is 58.6 Å². The lowest BCUT2D eigenvalue weighted by atomic mass is 10.2. The Morgan fingerprint density at radius 1 is 1.40 bits per heavy atom. The molecule has 0 bridgehead atoms. The third-order valence-corrected chi connectivity index (χ3v) is 3.21. The van der Waals surface area contributed by atoms with Crippen molar-refractivity contribution in [1.82, 2.24) is 4.98 Å². The third-order valence-electron chi connectivity index (χ3n) is 2.90. The fourth-order valence-corrected chi connectivity index (χ4v) is 2.20. The van der Waals surface area contributed by atoms with Gasteiger partial charge in [-0.3, -0.25) is 9.78 Å². The summed E-state index contributed by atoms with van der Waals surface area (Å²) in [6.07, 6.45) is 1.45. The van der Waals surface area contributed by atoms with Gasteiger partial charge in [0.2, 0.25) is 0 Å². The number of benzene rings is 1. The normalized spacial score (nSPS) is 10.4. The Morgan fingerprint density at radius 2 is 2.15 bits per heavy atom. The maximum atomic E-state index is 13.3. The summed E-state index contributed by atoms with van der Waals surface area (Å²) >= 11 is 6.08. The molecule has 1 aromatic heterocycles. The van der Waals surface area contributed by atoms with Crippen LogP contribution in [0.25, 0.3) is 0 Å². The molecular formula is C15H14ClFN2O. The molecule has 1 aromatic carbocycles. The van der Waals surface area contributed by atoms with E-state index in [2.05, 4.69) is 4.98 Å². The second kappa shape index (κ2) is 6.01. The molecule has 0 N–H and O–H groups in total. The van der Waals surface area contributed by atoms with Gasteiger partial charge in [-0.25, -0.2) is 4.39 Å². The molecule has 2 rings (SSSR count). The quantitative estimate of drug-likeness (QED) is 0.861. The monoisotopic (exact) mass is 292 g/mol. The zero-order valence-electron chi connectivity index (χ0n) is 11.2. The number of carbonyl (C=O) groups excluding carboxylic acids is 1. The molecule has 1 amide bonds. The molecule has 3 nitrogen and oxygen atoms in total. The maximum absolute atomic E-state index is 13.3. The number of anilines is 1. The summed E-state index contributed by atoms with van der Waals surface area (Å²) in [5, 5.41) is 0.345. The van der Waals surface area contributed by atoms with Gasteiger partial charge in [-0.1, -0.05) is 17.7 Å². The van der Waals surface area contributed by atoms with Gasteiger partial charge in [0.05, 0.1) is 10.6 Å². The van der Waals surface area contributed by atoms with Gasteiger partial charge in [0.1, 0.15) is 5.82 Å². The molecule has 0 atom stereocenters. The Morgan fingerprint density at radius 3 is 2.75 bits per heavy atom. The summed E-state index contributed by atoms with van der Waals surface area (Å²) < 4.78 is 13.3. The number of halogens is 2. The first kappa shape index (κ1) is 14.5. The zero-order chi connectivity index (χ0) is 14.7. The topological polar surface area (TPSA) is 33.2 Å². The van der Waals surface area contributed by atoms with Crippen LogP contribution in [0, 0.1) is 12.7 Å². The minimum atomic E-state index is -0.387. The number of aromatic nitrogens is 1. The predicted octanol–water partition coefficient (Wildman–Crippen LogP) is 3.85. The highest BCUT2D eigenvalue weighted by Gasteiger charge is 2.19. The van der Waals surface area contributed by atoms with Gasteiger partial charge in [0, 0.05) is 24.1 Å². The lowest BCUT2D eigenvalue weighted by molar-refractivity contribution is 0.0988. The lowest BCUT2D eigenvalue weighted by Crippen LogP contribution is -2.31. The van der Waals surface area contributed by atoms with Crippen LogP contribution in [0.15, 0.2) is 36.5 Å². The van der Waals surface area contributed by atoms with Gasteiger partial charge in [-0.15, -0.1) is 0 Å². The largest absolute Gasteiger partial charge is 0.308 e. The van der Waals surface area contributed by atoms with E-state index in [-0.39, 0.29) is 11.7 Å². The molecule has 0 aliphatic heterocycles. The van der Waals surface area contributed by atoms with E-state index < -0.39 is 0 Å². The van der Waals surface area contributed by atoms with Crippen LogP contribution < -0.4 is 4.90 Å². The zero-order valence-corrected chi connectivity index (χ0v) is 12.0. The van der Waals surface area contributed by atoms with Gasteiger partial charge < -0.3 is 4.90 Å². The number of amides is 1. The summed E-state index contributed by atoms with van der Waals surface area (Å²) in [6.45, 7) is 4.02. The number of carbonyl (C=O) groups is 1. The Kier molecular flexibility index (Phi) is 4.35. The van der Waals surface area contributed by atoms with Crippen LogP contribution in [0.3, 0.4) is 0 Å². The Bertz CT molecular complexity index is 646. The first-order valence-corrected chi connectivity index (χ1v) is 6.60.